The molecule has 2 aromatic rings. The van der Waals surface area contributed by atoms with Gasteiger partial charge in [-0.1, -0.05) is 5.16 Å². The smallest absolute Gasteiger partial charge is 0.236 e. The van der Waals surface area contributed by atoms with Crippen LogP contribution < -0.4 is 4.74 Å². The Labute approximate surface area is 182 Å². The average Bonchev–Trinajstić information content (AvgIpc) is 3.11. The van der Waals surface area contributed by atoms with Gasteiger partial charge in [-0.05, 0) is 37.6 Å². The van der Waals surface area contributed by atoms with Crippen LogP contribution >= 0.6 is 0 Å². The van der Waals surface area contributed by atoms with Gasteiger partial charge in [-0.3, -0.25) is 14.5 Å². The van der Waals surface area contributed by atoms with Gasteiger partial charge in [0.25, 0.3) is 0 Å². The molecule has 0 unspecified atom stereocenters. The second-order valence-corrected chi connectivity index (χ2v) is 7.77. The van der Waals surface area contributed by atoms with Gasteiger partial charge in [0.05, 0.1) is 13.2 Å². The summed E-state index contributed by atoms with van der Waals surface area (Å²) in [7, 11) is 3.52. The van der Waals surface area contributed by atoms with E-state index in [0.29, 0.717) is 57.3 Å². The molecule has 9 nitrogen and oxygen atoms in total. The monoisotopic (exact) mass is 429 g/mol. The van der Waals surface area contributed by atoms with Crippen LogP contribution in [0.4, 0.5) is 0 Å². The fraction of sp³-hybridized carbons (Fsp3) is 0.545. The molecule has 0 bridgehead atoms. The molecule has 0 radical (unpaired) electrons. The molecule has 1 saturated heterocycles. The van der Waals surface area contributed by atoms with Gasteiger partial charge in [-0.15, -0.1) is 0 Å². The Kier molecular flexibility index (Phi) is 8.00. The van der Waals surface area contributed by atoms with Crippen LogP contribution in [0.25, 0.3) is 11.4 Å². The second kappa shape index (κ2) is 10.9. The number of hydrogen-bond acceptors (Lipinski definition) is 7. The number of carbonyl (C=O) groups is 2. The van der Waals surface area contributed by atoms with Gasteiger partial charge in [0.15, 0.2) is 0 Å². The van der Waals surface area contributed by atoms with Crippen LogP contribution in [0.2, 0.25) is 0 Å². The normalized spacial score (nSPS) is 14.9. The lowest BCUT2D eigenvalue weighted by atomic mass is 10.2. The summed E-state index contributed by atoms with van der Waals surface area (Å²) in [6, 6.07) is 7.50. The third-order valence-corrected chi connectivity index (χ3v) is 5.24. The lowest BCUT2D eigenvalue weighted by molar-refractivity contribution is -0.131. The Bertz CT molecular complexity index is 865. The Morgan fingerprint density at radius 3 is 2.61 bits per heavy atom. The molecule has 0 spiro atoms. The average molecular weight is 430 g/mol. The lowest BCUT2D eigenvalue weighted by Crippen LogP contribution is -2.39. The van der Waals surface area contributed by atoms with E-state index in [1.165, 1.54) is 0 Å². The molecule has 1 aliphatic heterocycles. The number of amides is 2. The molecule has 1 fully saturated rings. The van der Waals surface area contributed by atoms with E-state index in [1.54, 1.807) is 19.0 Å². The Hall–Kier alpha value is -2.94. The van der Waals surface area contributed by atoms with Crippen molar-refractivity contribution >= 4 is 11.8 Å². The number of benzene rings is 1. The first kappa shape index (κ1) is 22.7. The number of likely N-dealkylation sites (N-methyl/N-ethyl adjacent to an activating group) is 1. The van der Waals surface area contributed by atoms with E-state index in [-0.39, 0.29) is 11.8 Å². The fourth-order valence-corrected chi connectivity index (χ4v) is 3.42. The van der Waals surface area contributed by atoms with E-state index < -0.39 is 0 Å². The second-order valence-electron chi connectivity index (χ2n) is 7.77. The van der Waals surface area contributed by atoms with Crippen molar-refractivity contribution in [3.63, 3.8) is 0 Å². The van der Waals surface area contributed by atoms with Crippen LogP contribution in [-0.4, -0.2) is 90.1 Å². The van der Waals surface area contributed by atoms with Gasteiger partial charge in [-0.25, -0.2) is 0 Å². The van der Waals surface area contributed by atoms with E-state index in [4.69, 9.17) is 9.26 Å². The number of aromatic nitrogens is 2. The first-order valence-corrected chi connectivity index (χ1v) is 10.7. The topological polar surface area (TPSA) is 92.0 Å². The minimum Gasteiger partial charge on any atom is -0.494 e. The van der Waals surface area contributed by atoms with Crippen LogP contribution in [-0.2, 0) is 16.0 Å². The zero-order valence-electron chi connectivity index (χ0n) is 18.5. The highest BCUT2D eigenvalue weighted by molar-refractivity contribution is 5.78. The summed E-state index contributed by atoms with van der Waals surface area (Å²) in [6.45, 7) is 5.79. The molecule has 0 aliphatic carbocycles. The van der Waals surface area contributed by atoms with Crippen LogP contribution in [0.15, 0.2) is 28.8 Å². The molecule has 0 atom stereocenters. The zero-order valence-corrected chi connectivity index (χ0v) is 18.5. The van der Waals surface area contributed by atoms with Gasteiger partial charge in [0.2, 0.25) is 23.5 Å². The molecule has 1 aliphatic rings. The maximum Gasteiger partial charge on any atom is 0.236 e. The molecule has 0 N–H and O–H groups in total. The van der Waals surface area contributed by atoms with Gasteiger partial charge >= 0.3 is 0 Å². The highest BCUT2D eigenvalue weighted by atomic mass is 16.5. The molecule has 31 heavy (non-hydrogen) atoms. The summed E-state index contributed by atoms with van der Waals surface area (Å²) in [5, 5.41) is 4.02. The quantitative estimate of drug-likeness (QED) is 0.630. The summed E-state index contributed by atoms with van der Waals surface area (Å²) < 4.78 is 10.8. The minimum absolute atomic E-state index is 0.0709. The Morgan fingerprint density at radius 1 is 1.13 bits per heavy atom. The molecular formula is C22H31N5O4. The SMILES string of the molecule is CCOc1ccc(-c2noc(CCC(=O)N3CCCN(CC(=O)N(C)C)CC3)n2)cc1. The fourth-order valence-electron chi connectivity index (χ4n) is 3.42. The summed E-state index contributed by atoms with van der Waals surface area (Å²) in [4.78, 5) is 34.6. The molecule has 168 valence electrons. The predicted molar refractivity (Wildman–Crippen MR) is 116 cm³/mol. The molecule has 2 heterocycles. The summed E-state index contributed by atoms with van der Waals surface area (Å²) in [5.41, 5.74) is 0.838. The van der Waals surface area contributed by atoms with Gasteiger partial charge in [-0.2, -0.15) is 4.98 Å². The number of aryl methyl sites for hydroxylation is 1. The predicted octanol–water partition coefficient (Wildman–Crippen LogP) is 1.69. The summed E-state index contributed by atoms with van der Waals surface area (Å²) in [5.74, 6) is 1.90. The van der Waals surface area contributed by atoms with Gasteiger partial charge in [0.1, 0.15) is 5.75 Å². The van der Waals surface area contributed by atoms with Gasteiger partial charge in [0, 0.05) is 58.7 Å². The third kappa shape index (κ3) is 6.52. The number of ether oxygens (including phenoxy) is 1. The van der Waals surface area contributed by atoms with Crippen molar-refractivity contribution < 1.29 is 18.8 Å². The summed E-state index contributed by atoms with van der Waals surface area (Å²) >= 11 is 0. The molecule has 1 aromatic heterocycles. The molecule has 3 rings (SSSR count). The number of rotatable bonds is 8. The van der Waals surface area contributed by atoms with E-state index in [9.17, 15) is 9.59 Å². The Balaban J connectivity index is 1.48. The van der Waals surface area contributed by atoms with Crippen LogP contribution in [0, 0.1) is 0 Å². The molecular weight excluding hydrogens is 398 g/mol. The number of nitrogens with zero attached hydrogens (tertiary/aromatic N) is 5. The van der Waals surface area contributed by atoms with Crippen LogP contribution in [0.1, 0.15) is 25.7 Å². The van der Waals surface area contributed by atoms with Crippen LogP contribution in [0.3, 0.4) is 0 Å². The maximum atomic E-state index is 12.7. The summed E-state index contributed by atoms with van der Waals surface area (Å²) in [6.07, 6.45) is 1.58. The highest BCUT2D eigenvalue weighted by Gasteiger charge is 2.21. The molecule has 1 aromatic carbocycles. The van der Waals surface area contributed by atoms with Crippen molar-refractivity contribution in [2.75, 3.05) is 53.4 Å². The molecule has 9 heteroatoms. The first-order valence-electron chi connectivity index (χ1n) is 10.7. The largest absolute Gasteiger partial charge is 0.494 e. The third-order valence-electron chi connectivity index (χ3n) is 5.24. The van der Waals surface area contributed by atoms with Crippen molar-refractivity contribution in [3.8, 4) is 17.1 Å². The maximum absolute atomic E-state index is 12.7. The zero-order chi connectivity index (χ0) is 22.2. The van der Waals surface area contributed by atoms with Crippen molar-refractivity contribution in [2.45, 2.75) is 26.2 Å². The van der Waals surface area contributed by atoms with Crippen molar-refractivity contribution in [1.82, 2.24) is 24.8 Å². The van der Waals surface area contributed by atoms with Crippen LogP contribution in [0.5, 0.6) is 5.75 Å². The molecule has 0 saturated carbocycles. The van der Waals surface area contributed by atoms with Crippen molar-refractivity contribution in [2.24, 2.45) is 0 Å². The van der Waals surface area contributed by atoms with E-state index in [1.807, 2.05) is 36.1 Å². The van der Waals surface area contributed by atoms with E-state index in [0.717, 1.165) is 24.3 Å². The molecule has 2 amide bonds. The van der Waals surface area contributed by atoms with Gasteiger partial charge < -0.3 is 19.1 Å². The number of hydrogen-bond donors (Lipinski definition) is 0. The van der Waals surface area contributed by atoms with E-state index in [2.05, 4.69) is 15.0 Å². The first-order chi connectivity index (χ1) is 15.0. The standard InChI is InChI=1S/C22H31N5O4/c1-4-30-18-8-6-17(7-9-18)22-23-19(31-24-22)10-11-20(28)27-13-5-12-26(14-15-27)16-21(29)25(2)3/h6-9H,4-5,10-16H2,1-3H3. The van der Waals surface area contributed by atoms with Crippen molar-refractivity contribution in [1.29, 1.82) is 0 Å². The minimum atomic E-state index is 0.0709. The Morgan fingerprint density at radius 2 is 1.90 bits per heavy atom. The lowest BCUT2D eigenvalue weighted by Gasteiger charge is -2.22. The van der Waals surface area contributed by atoms with E-state index >= 15 is 0 Å². The number of carbonyl (C=O) groups excluding carboxylic acids is 2. The highest BCUT2D eigenvalue weighted by Crippen LogP contribution is 2.20. The van der Waals surface area contributed by atoms with Crippen molar-refractivity contribution in [3.05, 3.63) is 30.2 Å².